The largest absolute Gasteiger partial charge is 0.416 e. The van der Waals surface area contributed by atoms with Gasteiger partial charge in [0.1, 0.15) is 0 Å². The molecule has 0 saturated carbocycles. The van der Waals surface area contributed by atoms with E-state index in [4.69, 9.17) is 0 Å². The number of rotatable bonds is 3. The van der Waals surface area contributed by atoms with E-state index >= 15 is 0 Å². The second-order valence-electron chi connectivity index (χ2n) is 4.05. The number of nitrogens with zero attached hydrogens (tertiary/aromatic N) is 1. The summed E-state index contributed by atoms with van der Waals surface area (Å²) in [7, 11) is 0. The van der Waals surface area contributed by atoms with Crippen molar-refractivity contribution in [3.63, 3.8) is 0 Å². The van der Waals surface area contributed by atoms with Crippen LogP contribution in [0, 0.1) is 0 Å². The Bertz CT molecular complexity index is 561. The molecule has 2 nitrogen and oxygen atoms in total. The normalized spacial score (nSPS) is 11.3. The van der Waals surface area contributed by atoms with Crippen molar-refractivity contribution in [2.75, 3.05) is 0 Å². The lowest BCUT2D eigenvalue weighted by atomic mass is 10.1. The molecule has 1 heterocycles. The van der Waals surface area contributed by atoms with Crippen LogP contribution in [0.1, 0.15) is 15.9 Å². The van der Waals surface area contributed by atoms with Crippen molar-refractivity contribution in [2.24, 2.45) is 0 Å². The molecule has 2 rings (SSSR count). The van der Waals surface area contributed by atoms with Crippen molar-refractivity contribution < 1.29 is 22.5 Å². The van der Waals surface area contributed by atoms with Gasteiger partial charge in [-0.2, -0.15) is 17.7 Å². The van der Waals surface area contributed by atoms with Crippen LogP contribution in [0.5, 0.6) is 0 Å². The van der Waals surface area contributed by atoms with Crippen LogP contribution < -0.4 is 4.57 Å². The third-order valence-corrected chi connectivity index (χ3v) is 2.64. The number of alkyl halides is 3. The lowest BCUT2D eigenvalue weighted by molar-refractivity contribution is -0.683. The Balaban J connectivity index is 2.10. The van der Waals surface area contributed by atoms with Crippen LogP contribution in [0.2, 0.25) is 0 Å². The van der Waals surface area contributed by atoms with Crippen LogP contribution in [0.3, 0.4) is 0 Å². The number of ketones is 1. The molecule has 1 aromatic heterocycles. The van der Waals surface area contributed by atoms with Gasteiger partial charge in [0.25, 0.3) is 0 Å². The first kappa shape index (κ1) is 13.3. The highest BCUT2D eigenvalue weighted by Crippen LogP contribution is 2.27. The molecule has 0 spiro atoms. The standard InChI is InChI=1S/C14H11F3NO/c15-14(16,17)12-6-8-18(9-7-12)10-13(19)11-4-2-1-3-5-11/h1-9H,10H2/q+1. The van der Waals surface area contributed by atoms with Gasteiger partial charge in [0.2, 0.25) is 12.3 Å². The van der Waals surface area contributed by atoms with Crippen molar-refractivity contribution in [1.29, 1.82) is 0 Å². The van der Waals surface area contributed by atoms with E-state index in [1.54, 1.807) is 30.3 Å². The molecule has 0 aliphatic carbocycles. The Kier molecular flexibility index (Phi) is 3.64. The van der Waals surface area contributed by atoms with Crippen LogP contribution in [0.25, 0.3) is 0 Å². The number of pyridine rings is 1. The van der Waals surface area contributed by atoms with E-state index < -0.39 is 11.7 Å². The van der Waals surface area contributed by atoms with Crippen LogP contribution in [-0.2, 0) is 12.7 Å². The van der Waals surface area contributed by atoms with Crippen LogP contribution in [0.4, 0.5) is 13.2 Å². The number of Topliss-reactive ketones (excluding diaryl/α,β-unsaturated/α-hetero) is 1. The number of benzene rings is 1. The zero-order chi connectivity index (χ0) is 13.9. The Morgan fingerprint density at radius 3 is 2.11 bits per heavy atom. The molecule has 0 unspecified atom stereocenters. The number of halogens is 3. The van der Waals surface area contributed by atoms with Crippen molar-refractivity contribution in [3.05, 3.63) is 66.0 Å². The van der Waals surface area contributed by atoms with E-state index in [1.165, 1.54) is 17.0 Å². The van der Waals surface area contributed by atoms with Crippen molar-refractivity contribution >= 4 is 5.78 Å². The molecule has 98 valence electrons. The van der Waals surface area contributed by atoms with E-state index in [2.05, 4.69) is 0 Å². The Hall–Kier alpha value is -2.17. The van der Waals surface area contributed by atoms with Crippen LogP contribution >= 0.6 is 0 Å². The molecule has 0 N–H and O–H groups in total. The monoisotopic (exact) mass is 266 g/mol. The summed E-state index contributed by atoms with van der Waals surface area (Å²) < 4.78 is 38.5. The quantitative estimate of drug-likeness (QED) is 0.618. The van der Waals surface area contributed by atoms with E-state index in [9.17, 15) is 18.0 Å². The van der Waals surface area contributed by atoms with Gasteiger partial charge in [-0.25, -0.2) is 0 Å². The Morgan fingerprint density at radius 2 is 1.58 bits per heavy atom. The van der Waals surface area contributed by atoms with Crippen molar-refractivity contribution in [2.45, 2.75) is 12.7 Å². The third-order valence-electron chi connectivity index (χ3n) is 2.64. The van der Waals surface area contributed by atoms with Gasteiger partial charge in [-0.3, -0.25) is 4.79 Å². The molecule has 2 aromatic rings. The van der Waals surface area contributed by atoms with Gasteiger partial charge in [-0.15, -0.1) is 0 Å². The predicted octanol–water partition coefficient (Wildman–Crippen LogP) is 2.88. The smallest absolute Gasteiger partial charge is 0.287 e. The van der Waals surface area contributed by atoms with E-state index in [-0.39, 0.29) is 12.3 Å². The van der Waals surface area contributed by atoms with Gasteiger partial charge in [0.05, 0.1) is 5.56 Å². The van der Waals surface area contributed by atoms with E-state index in [0.717, 1.165) is 12.1 Å². The van der Waals surface area contributed by atoms with Gasteiger partial charge in [-0.05, 0) is 0 Å². The van der Waals surface area contributed by atoms with Crippen LogP contribution in [0.15, 0.2) is 54.9 Å². The number of hydrogen-bond donors (Lipinski definition) is 0. The maximum atomic E-state index is 12.4. The molecule has 5 heteroatoms. The fourth-order valence-electron chi connectivity index (χ4n) is 1.63. The molecule has 0 saturated heterocycles. The average Bonchev–Trinajstić information content (AvgIpc) is 2.39. The molecule has 19 heavy (non-hydrogen) atoms. The summed E-state index contributed by atoms with van der Waals surface area (Å²) in [6.07, 6.45) is -1.85. The van der Waals surface area contributed by atoms with Gasteiger partial charge in [-0.1, -0.05) is 30.3 Å². The molecular formula is C14H11F3NO+. The zero-order valence-corrected chi connectivity index (χ0v) is 9.89. The van der Waals surface area contributed by atoms with E-state index in [0.29, 0.717) is 5.56 Å². The van der Waals surface area contributed by atoms with Gasteiger partial charge < -0.3 is 0 Å². The summed E-state index contributed by atoms with van der Waals surface area (Å²) in [6, 6.07) is 10.5. The Morgan fingerprint density at radius 1 is 1.00 bits per heavy atom. The zero-order valence-electron chi connectivity index (χ0n) is 9.89. The number of hydrogen-bond acceptors (Lipinski definition) is 1. The summed E-state index contributed by atoms with van der Waals surface area (Å²) in [5.41, 5.74) is -0.189. The Labute approximate surface area is 108 Å². The SMILES string of the molecule is O=C(C[n+]1ccc(C(F)(F)F)cc1)c1ccccc1. The summed E-state index contributed by atoms with van der Waals surface area (Å²) in [6.45, 7) is 0.0160. The molecule has 0 amide bonds. The topological polar surface area (TPSA) is 20.9 Å². The van der Waals surface area contributed by atoms with Crippen LogP contribution in [-0.4, -0.2) is 5.78 Å². The van der Waals surface area contributed by atoms with E-state index in [1.807, 2.05) is 0 Å². The summed E-state index contributed by atoms with van der Waals surface area (Å²) in [5, 5.41) is 0. The molecule has 0 aliphatic heterocycles. The number of carbonyl (C=O) groups is 1. The molecular weight excluding hydrogens is 255 g/mol. The summed E-state index contributed by atoms with van der Waals surface area (Å²) in [5.74, 6) is -0.148. The fraction of sp³-hybridized carbons (Fsp3) is 0.143. The maximum absolute atomic E-state index is 12.4. The third kappa shape index (κ3) is 3.40. The number of carbonyl (C=O) groups excluding carboxylic acids is 1. The summed E-state index contributed by atoms with van der Waals surface area (Å²) in [4.78, 5) is 11.9. The summed E-state index contributed by atoms with van der Waals surface area (Å²) >= 11 is 0. The average molecular weight is 266 g/mol. The molecule has 1 aromatic carbocycles. The molecule has 0 radical (unpaired) electrons. The van der Waals surface area contributed by atoms with Crippen molar-refractivity contribution in [3.8, 4) is 0 Å². The minimum Gasteiger partial charge on any atom is -0.287 e. The van der Waals surface area contributed by atoms with Gasteiger partial charge in [0, 0.05) is 17.7 Å². The van der Waals surface area contributed by atoms with Crippen molar-refractivity contribution in [1.82, 2.24) is 0 Å². The first-order valence-corrected chi connectivity index (χ1v) is 5.61. The van der Waals surface area contributed by atoms with Gasteiger partial charge >= 0.3 is 6.18 Å². The molecule has 0 aliphatic rings. The van der Waals surface area contributed by atoms with Gasteiger partial charge in [0.15, 0.2) is 12.4 Å². The second kappa shape index (κ2) is 5.22. The minimum atomic E-state index is -4.36. The second-order valence-corrected chi connectivity index (χ2v) is 4.05. The molecule has 0 atom stereocenters. The number of aromatic nitrogens is 1. The first-order chi connectivity index (χ1) is 8.97. The maximum Gasteiger partial charge on any atom is 0.416 e. The minimum absolute atomic E-state index is 0.0160. The lowest BCUT2D eigenvalue weighted by Crippen LogP contribution is -2.37. The first-order valence-electron chi connectivity index (χ1n) is 5.61. The highest BCUT2D eigenvalue weighted by Gasteiger charge is 2.31. The molecule has 0 fully saturated rings. The fourth-order valence-corrected chi connectivity index (χ4v) is 1.63. The predicted molar refractivity (Wildman–Crippen MR) is 62.4 cm³/mol. The highest BCUT2D eigenvalue weighted by atomic mass is 19.4. The lowest BCUT2D eigenvalue weighted by Gasteiger charge is -2.04. The highest BCUT2D eigenvalue weighted by molar-refractivity contribution is 5.94. The molecule has 0 bridgehead atoms.